The zero-order valence-corrected chi connectivity index (χ0v) is 22.5. The summed E-state index contributed by atoms with van der Waals surface area (Å²) in [6.07, 6.45) is 14.0. The van der Waals surface area contributed by atoms with Crippen LogP contribution in [-0.4, -0.2) is 29.5 Å². The van der Waals surface area contributed by atoms with E-state index in [1.165, 1.54) is 12.1 Å². The summed E-state index contributed by atoms with van der Waals surface area (Å²) in [4.78, 5) is 13.7. The summed E-state index contributed by atoms with van der Waals surface area (Å²) in [6.45, 7) is 19.1. The van der Waals surface area contributed by atoms with Crippen LogP contribution in [0.4, 0.5) is 8.78 Å². The highest BCUT2D eigenvalue weighted by Crippen LogP contribution is 2.52. The lowest BCUT2D eigenvalue weighted by molar-refractivity contribution is -0.286. The Morgan fingerprint density at radius 2 is 1.73 bits per heavy atom. The predicted octanol–water partition coefficient (Wildman–Crippen LogP) is 6.93. The normalized spacial score (nSPS) is 18.7. The Morgan fingerprint density at radius 3 is 2.35 bits per heavy atom. The fourth-order valence-corrected chi connectivity index (χ4v) is 4.52. The number of carbonyl (C=O) groups excluding carboxylic acids is 1. The van der Waals surface area contributed by atoms with Crippen LogP contribution in [0.25, 0.3) is 0 Å². The van der Waals surface area contributed by atoms with E-state index in [2.05, 4.69) is 47.7 Å². The smallest absolute Gasteiger partial charge is 0.395 e. The SMILES string of the molecule is C=C/C=C\C=C(/C=C)C(=C)C[C@H](C[C@H](O)C(/C=C\C=C)=C/C=C)NC(=O)C1(c2ccc3c(c2)OC(F)(F)O3)CC1. The van der Waals surface area contributed by atoms with E-state index in [0.717, 1.165) is 5.57 Å². The van der Waals surface area contributed by atoms with E-state index < -0.39 is 23.9 Å². The molecule has 2 atom stereocenters. The first-order valence-corrected chi connectivity index (χ1v) is 12.9. The zero-order valence-electron chi connectivity index (χ0n) is 22.5. The Balaban J connectivity index is 1.86. The number of alkyl halides is 2. The third-order valence-electron chi connectivity index (χ3n) is 6.75. The molecule has 2 N–H and O–H groups in total. The van der Waals surface area contributed by atoms with Gasteiger partial charge in [-0.2, -0.15) is 0 Å². The van der Waals surface area contributed by atoms with Crippen LogP contribution in [0.3, 0.4) is 0 Å². The lowest BCUT2D eigenvalue weighted by Crippen LogP contribution is -2.43. The summed E-state index contributed by atoms with van der Waals surface area (Å²) in [5.41, 5.74) is 1.76. The van der Waals surface area contributed by atoms with Crippen molar-refractivity contribution in [1.29, 1.82) is 0 Å². The van der Waals surface area contributed by atoms with Gasteiger partial charge in [0.15, 0.2) is 11.5 Å². The summed E-state index contributed by atoms with van der Waals surface area (Å²) < 4.78 is 36.2. The Kier molecular flexibility index (Phi) is 10.0. The molecule has 1 aliphatic heterocycles. The second-order valence-corrected chi connectivity index (χ2v) is 9.58. The quantitative estimate of drug-likeness (QED) is 0.234. The van der Waals surface area contributed by atoms with Crippen LogP contribution in [0, 0.1) is 0 Å². The molecule has 0 bridgehead atoms. The van der Waals surface area contributed by atoms with Gasteiger partial charge in [-0.25, -0.2) is 0 Å². The van der Waals surface area contributed by atoms with Gasteiger partial charge < -0.3 is 19.9 Å². The topological polar surface area (TPSA) is 67.8 Å². The molecule has 1 aromatic rings. The fraction of sp³-hybridized carbons (Fsp3) is 0.242. The number of aliphatic hydroxyl groups excluding tert-OH is 1. The second kappa shape index (κ2) is 13.2. The predicted molar refractivity (Wildman–Crippen MR) is 155 cm³/mol. The van der Waals surface area contributed by atoms with Crippen molar-refractivity contribution in [2.24, 2.45) is 0 Å². The van der Waals surface area contributed by atoms with Crippen LogP contribution in [-0.2, 0) is 10.2 Å². The Labute approximate surface area is 234 Å². The van der Waals surface area contributed by atoms with Crippen molar-refractivity contribution in [3.8, 4) is 11.5 Å². The molecule has 5 nitrogen and oxygen atoms in total. The van der Waals surface area contributed by atoms with Crippen molar-refractivity contribution in [3.63, 3.8) is 0 Å². The number of carbonyl (C=O) groups is 1. The van der Waals surface area contributed by atoms with E-state index in [4.69, 9.17) is 0 Å². The number of benzene rings is 1. The van der Waals surface area contributed by atoms with Gasteiger partial charge in [-0.05, 0) is 60.1 Å². The van der Waals surface area contributed by atoms with Gasteiger partial charge in [0.1, 0.15) is 0 Å². The van der Waals surface area contributed by atoms with Crippen LogP contribution in [0.15, 0.2) is 129 Å². The van der Waals surface area contributed by atoms with E-state index >= 15 is 0 Å². The maximum absolute atomic E-state index is 13.7. The minimum atomic E-state index is -3.74. The molecule has 0 saturated heterocycles. The zero-order chi connectivity index (χ0) is 29.3. The molecule has 1 fully saturated rings. The number of amides is 1. The third-order valence-corrected chi connectivity index (χ3v) is 6.75. The first kappa shape index (κ1) is 30.3. The largest absolute Gasteiger partial charge is 0.586 e. The van der Waals surface area contributed by atoms with Crippen LogP contribution < -0.4 is 14.8 Å². The molecule has 1 amide bonds. The van der Waals surface area contributed by atoms with E-state index in [9.17, 15) is 18.7 Å². The first-order valence-electron chi connectivity index (χ1n) is 12.9. The standard InChI is InChI=1S/C33H35F2NO4/c1-6-10-12-15-24(9-4)23(5)20-27(22-28(37)25(13-8-3)14-11-7-2)36-31(38)32(18-19-32)26-16-17-29-30(21-26)40-33(34,35)39-29/h6-17,21,27-28,37H,1-5,18-20,22H2,(H,36,38)/b12-10-,14-11-,24-15+,25-13+/t27-,28+/m1/s1. The number of nitrogens with one attached hydrogen (secondary N) is 1. The van der Waals surface area contributed by atoms with Gasteiger partial charge in [0.05, 0.1) is 11.5 Å². The number of hydrogen-bond acceptors (Lipinski definition) is 4. The maximum Gasteiger partial charge on any atom is 0.586 e. The van der Waals surface area contributed by atoms with Gasteiger partial charge in [0.2, 0.25) is 5.91 Å². The molecule has 1 heterocycles. The molecule has 7 heteroatoms. The minimum Gasteiger partial charge on any atom is -0.395 e. The summed E-state index contributed by atoms with van der Waals surface area (Å²) in [6, 6.07) is 3.91. The Bertz CT molecular complexity index is 1300. The van der Waals surface area contributed by atoms with Crippen molar-refractivity contribution < 1.29 is 28.2 Å². The van der Waals surface area contributed by atoms with Gasteiger partial charge in [-0.1, -0.05) is 99.7 Å². The fourth-order valence-electron chi connectivity index (χ4n) is 4.52. The monoisotopic (exact) mass is 547 g/mol. The van der Waals surface area contributed by atoms with Crippen LogP contribution in [0.5, 0.6) is 11.5 Å². The molecule has 2 aliphatic rings. The number of aliphatic hydroxyl groups is 1. The van der Waals surface area contributed by atoms with Crippen LogP contribution >= 0.6 is 0 Å². The highest BCUT2D eigenvalue weighted by molar-refractivity contribution is 5.91. The molecule has 210 valence electrons. The average Bonchev–Trinajstić information content (AvgIpc) is 3.65. The number of fused-ring (bicyclic) bond motifs is 1. The van der Waals surface area contributed by atoms with Crippen molar-refractivity contribution in [2.45, 2.75) is 49.5 Å². The number of rotatable bonds is 15. The van der Waals surface area contributed by atoms with Crippen LogP contribution in [0.2, 0.25) is 0 Å². The number of halogens is 2. The van der Waals surface area contributed by atoms with E-state index in [-0.39, 0.29) is 23.8 Å². The van der Waals surface area contributed by atoms with Gasteiger partial charge in [-0.15, -0.1) is 8.78 Å². The van der Waals surface area contributed by atoms with Crippen molar-refractivity contribution in [2.75, 3.05) is 0 Å². The van der Waals surface area contributed by atoms with Crippen molar-refractivity contribution in [1.82, 2.24) is 5.32 Å². The number of allylic oxidation sites excluding steroid dienone is 10. The summed E-state index contributed by atoms with van der Waals surface area (Å²) in [7, 11) is 0. The molecular formula is C33H35F2NO4. The third kappa shape index (κ3) is 7.45. The lowest BCUT2D eigenvalue weighted by atomic mass is 9.91. The lowest BCUT2D eigenvalue weighted by Gasteiger charge is -2.26. The van der Waals surface area contributed by atoms with E-state index in [1.54, 1.807) is 54.7 Å². The molecule has 0 radical (unpaired) electrons. The minimum absolute atomic E-state index is 0.0781. The number of ether oxygens (including phenoxy) is 2. The molecule has 40 heavy (non-hydrogen) atoms. The van der Waals surface area contributed by atoms with E-state index in [0.29, 0.717) is 36.0 Å². The molecule has 0 spiro atoms. The maximum atomic E-state index is 13.7. The molecule has 0 aromatic heterocycles. The molecule has 1 saturated carbocycles. The highest BCUT2D eigenvalue weighted by atomic mass is 19.3. The van der Waals surface area contributed by atoms with Gasteiger partial charge in [0.25, 0.3) is 0 Å². The molecule has 3 rings (SSSR count). The summed E-state index contributed by atoms with van der Waals surface area (Å²) >= 11 is 0. The molecule has 1 aromatic carbocycles. The molecular weight excluding hydrogens is 512 g/mol. The molecule has 1 aliphatic carbocycles. The Hall–Kier alpha value is -4.23. The highest BCUT2D eigenvalue weighted by Gasteiger charge is 2.53. The van der Waals surface area contributed by atoms with Crippen molar-refractivity contribution >= 4 is 5.91 Å². The Morgan fingerprint density at radius 1 is 1.02 bits per heavy atom. The van der Waals surface area contributed by atoms with Crippen molar-refractivity contribution in [3.05, 3.63) is 134 Å². The van der Waals surface area contributed by atoms with Gasteiger partial charge in [-0.3, -0.25) is 4.79 Å². The van der Waals surface area contributed by atoms with Gasteiger partial charge >= 0.3 is 6.29 Å². The first-order chi connectivity index (χ1) is 19.1. The van der Waals surface area contributed by atoms with E-state index in [1.807, 2.05) is 12.2 Å². The second-order valence-electron chi connectivity index (χ2n) is 9.58. The number of hydrogen-bond donors (Lipinski definition) is 2. The average molecular weight is 548 g/mol. The van der Waals surface area contributed by atoms with Gasteiger partial charge in [0, 0.05) is 6.04 Å². The van der Waals surface area contributed by atoms with Crippen LogP contribution in [0.1, 0.15) is 31.2 Å². The summed E-state index contributed by atoms with van der Waals surface area (Å²) in [5.74, 6) is -0.455. The molecule has 0 unspecified atom stereocenters. The summed E-state index contributed by atoms with van der Waals surface area (Å²) in [5, 5.41) is 14.2.